The minimum Gasteiger partial charge on any atom is -0.488 e. The first-order valence-electron chi connectivity index (χ1n) is 10.4. The molecule has 0 bridgehead atoms. The molecule has 2 saturated heterocycles. The molecule has 2 aromatic rings. The zero-order chi connectivity index (χ0) is 22.5. The van der Waals surface area contributed by atoms with Crippen LogP contribution in [0, 0.1) is 11.6 Å². The van der Waals surface area contributed by atoms with Crippen molar-refractivity contribution in [3.05, 3.63) is 36.2 Å². The molecule has 32 heavy (non-hydrogen) atoms. The van der Waals surface area contributed by atoms with Crippen LogP contribution in [0.25, 0.3) is 0 Å². The SMILES string of the molecule is O=C(O)N1CCC(Oc2cc(Nc3cc(F)c(OCC4CCCO4)cc3F)ncn2)CC1. The minimum absolute atomic E-state index is 0.105. The Labute approximate surface area is 183 Å². The van der Waals surface area contributed by atoms with Gasteiger partial charge in [-0.2, -0.15) is 0 Å². The van der Waals surface area contributed by atoms with Crippen LogP contribution in [0.2, 0.25) is 0 Å². The number of nitrogens with zero attached hydrogens (tertiary/aromatic N) is 3. The van der Waals surface area contributed by atoms with Gasteiger partial charge in [0.25, 0.3) is 0 Å². The molecule has 0 spiro atoms. The van der Waals surface area contributed by atoms with E-state index in [0.717, 1.165) is 25.0 Å². The van der Waals surface area contributed by atoms with Crippen LogP contribution < -0.4 is 14.8 Å². The Hall–Kier alpha value is -3.21. The molecule has 2 aliphatic heterocycles. The van der Waals surface area contributed by atoms with Crippen molar-refractivity contribution in [1.82, 2.24) is 14.9 Å². The first-order chi connectivity index (χ1) is 15.5. The molecule has 2 N–H and O–H groups in total. The Bertz CT molecular complexity index is 950. The number of likely N-dealkylation sites (tertiary alicyclic amines) is 1. The Morgan fingerprint density at radius 2 is 2.00 bits per heavy atom. The summed E-state index contributed by atoms with van der Waals surface area (Å²) in [6, 6.07) is 3.47. The molecule has 2 aliphatic rings. The highest BCUT2D eigenvalue weighted by atomic mass is 19.1. The van der Waals surface area contributed by atoms with Crippen molar-refractivity contribution in [2.24, 2.45) is 0 Å². The third kappa shape index (κ3) is 5.52. The van der Waals surface area contributed by atoms with Crippen LogP contribution in [-0.2, 0) is 4.74 Å². The van der Waals surface area contributed by atoms with E-state index in [1.165, 1.54) is 17.3 Å². The van der Waals surface area contributed by atoms with Gasteiger partial charge < -0.3 is 29.5 Å². The van der Waals surface area contributed by atoms with Crippen molar-refractivity contribution in [1.29, 1.82) is 0 Å². The molecule has 3 heterocycles. The lowest BCUT2D eigenvalue weighted by Crippen LogP contribution is -2.41. The summed E-state index contributed by atoms with van der Waals surface area (Å²) in [7, 11) is 0. The summed E-state index contributed by atoms with van der Waals surface area (Å²) < 4.78 is 45.5. The summed E-state index contributed by atoms with van der Waals surface area (Å²) in [5.41, 5.74) is -0.105. The summed E-state index contributed by atoms with van der Waals surface area (Å²) in [6.07, 6.45) is 2.83. The van der Waals surface area contributed by atoms with Gasteiger partial charge in [-0.1, -0.05) is 0 Å². The summed E-state index contributed by atoms with van der Waals surface area (Å²) >= 11 is 0. The number of anilines is 2. The predicted molar refractivity (Wildman–Crippen MR) is 109 cm³/mol. The van der Waals surface area contributed by atoms with Crippen molar-refractivity contribution in [3.63, 3.8) is 0 Å². The number of aromatic nitrogens is 2. The fraction of sp³-hybridized carbons (Fsp3) is 0.476. The highest BCUT2D eigenvalue weighted by molar-refractivity contribution is 5.65. The summed E-state index contributed by atoms with van der Waals surface area (Å²) in [5.74, 6) is -1.10. The molecule has 0 aliphatic carbocycles. The summed E-state index contributed by atoms with van der Waals surface area (Å²) in [6.45, 7) is 1.57. The molecule has 1 aromatic carbocycles. The zero-order valence-electron chi connectivity index (χ0n) is 17.3. The number of carboxylic acid groups (broad SMARTS) is 1. The smallest absolute Gasteiger partial charge is 0.407 e. The molecule has 9 nitrogen and oxygen atoms in total. The van der Waals surface area contributed by atoms with Gasteiger partial charge in [0.05, 0.1) is 11.8 Å². The number of piperidine rings is 1. The number of nitrogens with one attached hydrogen (secondary N) is 1. The average Bonchev–Trinajstić information content (AvgIpc) is 3.29. The third-order valence-corrected chi connectivity index (χ3v) is 5.37. The number of halogens is 2. The van der Waals surface area contributed by atoms with E-state index in [1.54, 1.807) is 0 Å². The lowest BCUT2D eigenvalue weighted by Gasteiger charge is -2.29. The number of carbonyl (C=O) groups is 1. The largest absolute Gasteiger partial charge is 0.488 e. The van der Waals surface area contributed by atoms with Crippen LogP contribution in [0.4, 0.5) is 25.1 Å². The Morgan fingerprint density at radius 1 is 1.19 bits per heavy atom. The Morgan fingerprint density at radius 3 is 2.72 bits per heavy atom. The van der Waals surface area contributed by atoms with E-state index in [-0.39, 0.29) is 41.9 Å². The van der Waals surface area contributed by atoms with Crippen LogP contribution in [0.15, 0.2) is 24.5 Å². The highest BCUT2D eigenvalue weighted by Crippen LogP contribution is 2.28. The van der Waals surface area contributed by atoms with E-state index in [0.29, 0.717) is 32.5 Å². The monoisotopic (exact) mass is 450 g/mol. The molecule has 2 fully saturated rings. The Balaban J connectivity index is 1.36. The normalized spacial score (nSPS) is 19.1. The predicted octanol–water partition coefficient (Wildman–Crippen LogP) is 3.58. The maximum Gasteiger partial charge on any atom is 0.407 e. The van der Waals surface area contributed by atoms with Crippen molar-refractivity contribution in [2.75, 3.05) is 31.6 Å². The van der Waals surface area contributed by atoms with Crippen LogP contribution in [0.3, 0.4) is 0 Å². The third-order valence-electron chi connectivity index (χ3n) is 5.37. The molecular formula is C21H24F2N4O5. The van der Waals surface area contributed by atoms with Gasteiger partial charge in [-0.25, -0.2) is 23.5 Å². The van der Waals surface area contributed by atoms with Gasteiger partial charge >= 0.3 is 6.09 Å². The minimum atomic E-state index is -0.950. The van der Waals surface area contributed by atoms with E-state index in [4.69, 9.17) is 19.3 Å². The first kappa shape index (κ1) is 22.0. The van der Waals surface area contributed by atoms with E-state index in [1.807, 2.05) is 0 Å². The van der Waals surface area contributed by atoms with Crippen LogP contribution >= 0.6 is 0 Å². The molecule has 1 unspecified atom stereocenters. The van der Waals surface area contributed by atoms with Crippen molar-refractivity contribution >= 4 is 17.6 Å². The average molecular weight is 450 g/mol. The molecule has 0 saturated carbocycles. The van der Waals surface area contributed by atoms with Gasteiger partial charge in [-0.3, -0.25) is 0 Å². The summed E-state index contributed by atoms with van der Waals surface area (Å²) in [4.78, 5) is 20.4. The van der Waals surface area contributed by atoms with E-state index < -0.39 is 17.7 Å². The van der Waals surface area contributed by atoms with Crippen LogP contribution in [0.1, 0.15) is 25.7 Å². The molecule has 172 valence electrons. The second-order valence-corrected chi connectivity index (χ2v) is 7.66. The topological polar surface area (TPSA) is 106 Å². The second kappa shape index (κ2) is 9.94. The zero-order valence-corrected chi connectivity index (χ0v) is 17.3. The Kier molecular flexibility index (Phi) is 6.84. The fourth-order valence-corrected chi connectivity index (χ4v) is 3.64. The maximum atomic E-state index is 14.5. The van der Waals surface area contributed by atoms with Gasteiger partial charge in [-0.15, -0.1) is 0 Å². The molecule has 1 atom stereocenters. The summed E-state index contributed by atoms with van der Waals surface area (Å²) in [5, 5.41) is 11.7. The lowest BCUT2D eigenvalue weighted by atomic mass is 10.1. The van der Waals surface area contributed by atoms with Crippen LogP contribution in [0.5, 0.6) is 11.6 Å². The van der Waals surface area contributed by atoms with Crippen molar-refractivity contribution < 1.29 is 32.9 Å². The molecule has 4 rings (SSSR count). The highest BCUT2D eigenvalue weighted by Gasteiger charge is 2.24. The van der Waals surface area contributed by atoms with Crippen molar-refractivity contribution in [2.45, 2.75) is 37.9 Å². The van der Waals surface area contributed by atoms with E-state index >= 15 is 0 Å². The van der Waals surface area contributed by atoms with Gasteiger partial charge in [0.15, 0.2) is 17.4 Å². The quantitative estimate of drug-likeness (QED) is 0.660. The molecule has 1 aromatic heterocycles. The van der Waals surface area contributed by atoms with E-state index in [9.17, 15) is 13.6 Å². The molecule has 11 heteroatoms. The first-order valence-corrected chi connectivity index (χ1v) is 10.4. The van der Waals surface area contributed by atoms with Gasteiger partial charge in [0.2, 0.25) is 5.88 Å². The molecule has 1 amide bonds. The number of hydrogen-bond donors (Lipinski definition) is 2. The van der Waals surface area contributed by atoms with Gasteiger partial charge in [0, 0.05) is 50.7 Å². The van der Waals surface area contributed by atoms with Gasteiger partial charge in [0.1, 0.15) is 24.9 Å². The fourth-order valence-electron chi connectivity index (χ4n) is 3.64. The number of ether oxygens (including phenoxy) is 3. The molecular weight excluding hydrogens is 426 g/mol. The number of amides is 1. The standard InChI is InChI=1S/C21H24F2N4O5/c22-15-9-18(31-11-14-2-1-7-30-14)16(23)8-17(15)26-19-10-20(25-12-24-19)32-13-3-5-27(6-4-13)21(28)29/h8-10,12-14H,1-7,11H2,(H,28,29)(H,24,25,26). The van der Waals surface area contributed by atoms with E-state index in [2.05, 4.69) is 15.3 Å². The van der Waals surface area contributed by atoms with Gasteiger partial charge in [-0.05, 0) is 12.8 Å². The van der Waals surface area contributed by atoms with Crippen LogP contribution in [-0.4, -0.2) is 64.6 Å². The number of rotatable bonds is 7. The maximum absolute atomic E-state index is 14.5. The lowest BCUT2D eigenvalue weighted by molar-refractivity contribution is 0.0664. The number of hydrogen-bond acceptors (Lipinski definition) is 7. The molecule has 0 radical (unpaired) electrons. The second-order valence-electron chi connectivity index (χ2n) is 7.66. The number of benzene rings is 1. The van der Waals surface area contributed by atoms with Crippen molar-refractivity contribution in [3.8, 4) is 11.6 Å².